The lowest BCUT2D eigenvalue weighted by Gasteiger charge is -2.36. The summed E-state index contributed by atoms with van der Waals surface area (Å²) in [7, 11) is 1.61. The molecule has 0 unspecified atom stereocenters. The number of aliphatic carboxylic acids is 1. The van der Waals surface area contributed by atoms with Gasteiger partial charge in [-0.3, -0.25) is 9.48 Å². The van der Waals surface area contributed by atoms with Crippen LogP contribution in [0.3, 0.4) is 0 Å². The maximum absolute atomic E-state index is 12.2. The van der Waals surface area contributed by atoms with Gasteiger partial charge in [-0.25, -0.2) is 0 Å². The molecule has 0 radical (unpaired) electrons. The molecule has 1 fully saturated rings. The van der Waals surface area contributed by atoms with Crippen LogP contribution in [-0.4, -0.2) is 59.1 Å². The minimum absolute atomic E-state index is 0.0965. The lowest BCUT2D eigenvalue weighted by Crippen LogP contribution is -2.45. The molecule has 0 spiro atoms. The molecule has 0 aliphatic carbocycles. The average Bonchev–Trinajstić information content (AvgIpc) is 3.25. The molecule has 3 heterocycles. The van der Waals surface area contributed by atoms with Gasteiger partial charge in [-0.05, 0) is 31.5 Å². The van der Waals surface area contributed by atoms with Gasteiger partial charge in [-0.1, -0.05) is 12.1 Å². The lowest BCUT2D eigenvalue weighted by molar-refractivity contribution is -0.151. The van der Waals surface area contributed by atoms with E-state index in [0.29, 0.717) is 24.6 Å². The lowest BCUT2D eigenvalue weighted by atomic mass is 9.73. The summed E-state index contributed by atoms with van der Waals surface area (Å²) in [5.74, 6) is 0.474. The summed E-state index contributed by atoms with van der Waals surface area (Å²) in [6, 6.07) is 5.72. The van der Waals surface area contributed by atoms with Crippen molar-refractivity contribution in [3.63, 3.8) is 0 Å². The molecule has 2 aliphatic heterocycles. The minimum atomic E-state index is -0.901. The number of carboxylic acids is 1. The maximum Gasteiger partial charge on any atom is 0.315 e. The van der Waals surface area contributed by atoms with E-state index in [1.165, 1.54) is 0 Å². The van der Waals surface area contributed by atoms with Gasteiger partial charge in [0.2, 0.25) is 0 Å². The third-order valence-electron chi connectivity index (χ3n) is 5.74. The summed E-state index contributed by atoms with van der Waals surface area (Å²) in [4.78, 5) is 14.5. The molecule has 2 aliphatic rings. The molecule has 0 amide bonds. The Balaban J connectivity index is 1.51. The number of methoxy groups -OCH3 is 1. The van der Waals surface area contributed by atoms with Crippen molar-refractivity contribution in [1.82, 2.24) is 14.7 Å². The first-order valence-corrected chi connectivity index (χ1v) is 9.28. The van der Waals surface area contributed by atoms with E-state index in [0.717, 1.165) is 30.6 Å². The molecule has 1 aromatic heterocycles. The summed E-state index contributed by atoms with van der Waals surface area (Å²) in [5, 5.41) is 14.3. The normalized spacial score (nSPS) is 24.1. The van der Waals surface area contributed by atoms with E-state index in [4.69, 9.17) is 9.47 Å². The number of ether oxygens (including phenoxy) is 2. The van der Waals surface area contributed by atoms with Gasteiger partial charge in [-0.15, -0.1) is 0 Å². The molecular formula is C20H25N3O4. The van der Waals surface area contributed by atoms with Gasteiger partial charge in [-0.2, -0.15) is 5.10 Å². The van der Waals surface area contributed by atoms with Crippen LogP contribution in [0.1, 0.15) is 23.5 Å². The summed E-state index contributed by atoms with van der Waals surface area (Å²) in [5.41, 5.74) is 1.18. The second-order valence-corrected chi connectivity index (χ2v) is 7.55. The van der Waals surface area contributed by atoms with E-state index in [1.807, 2.05) is 42.2 Å². The first kappa shape index (κ1) is 17.9. The van der Waals surface area contributed by atoms with Gasteiger partial charge < -0.3 is 19.5 Å². The van der Waals surface area contributed by atoms with Crippen molar-refractivity contribution in [2.24, 2.45) is 5.41 Å². The standard InChI is InChI=1S/C20H25N3O4/c1-14-9-21-23(10-14)8-4-7-22-11-16-15-5-3-6-17(26-2)18(15)27-13-20(16,12-22)19(24)25/h3,5-6,9-10,16H,4,7-8,11-13H2,1-2H3,(H,24,25)/t16-,20-/m1/s1. The highest BCUT2D eigenvalue weighted by Gasteiger charge is 2.56. The Labute approximate surface area is 158 Å². The van der Waals surface area contributed by atoms with Crippen molar-refractivity contribution in [2.75, 3.05) is 33.4 Å². The molecule has 1 aromatic carbocycles. The van der Waals surface area contributed by atoms with E-state index in [2.05, 4.69) is 10.00 Å². The first-order chi connectivity index (χ1) is 13.0. The van der Waals surface area contributed by atoms with Crippen molar-refractivity contribution in [3.8, 4) is 11.5 Å². The minimum Gasteiger partial charge on any atom is -0.493 e. The summed E-state index contributed by atoms with van der Waals surface area (Å²) in [6.45, 7) is 5.09. The Morgan fingerprint density at radius 1 is 1.44 bits per heavy atom. The number of fused-ring (bicyclic) bond motifs is 3. The van der Waals surface area contributed by atoms with Crippen molar-refractivity contribution < 1.29 is 19.4 Å². The van der Waals surface area contributed by atoms with E-state index >= 15 is 0 Å². The third kappa shape index (κ3) is 3.06. The van der Waals surface area contributed by atoms with Crippen LogP contribution in [0.2, 0.25) is 0 Å². The second-order valence-electron chi connectivity index (χ2n) is 7.55. The molecule has 4 rings (SSSR count). The zero-order valence-corrected chi connectivity index (χ0v) is 15.7. The fourth-order valence-corrected chi connectivity index (χ4v) is 4.37. The Hall–Kier alpha value is -2.54. The van der Waals surface area contributed by atoms with Gasteiger partial charge in [0.05, 0.1) is 13.3 Å². The van der Waals surface area contributed by atoms with Crippen LogP contribution >= 0.6 is 0 Å². The Bertz CT molecular complexity index is 850. The zero-order valence-electron chi connectivity index (χ0n) is 15.7. The monoisotopic (exact) mass is 371 g/mol. The fraction of sp³-hybridized carbons (Fsp3) is 0.500. The molecule has 27 heavy (non-hydrogen) atoms. The van der Waals surface area contributed by atoms with E-state index in [9.17, 15) is 9.90 Å². The number of para-hydroxylation sites is 1. The number of benzene rings is 1. The Kier molecular flexibility index (Phi) is 4.55. The number of aryl methyl sites for hydroxylation is 2. The maximum atomic E-state index is 12.2. The van der Waals surface area contributed by atoms with Crippen LogP contribution in [0, 0.1) is 12.3 Å². The molecule has 7 heteroatoms. The average molecular weight is 371 g/mol. The topological polar surface area (TPSA) is 76.8 Å². The quantitative estimate of drug-likeness (QED) is 0.839. The SMILES string of the molecule is COc1cccc2c1OC[C@]1(C(=O)O)CN(CCCn3cc(C)cn3)C[C@H]21. The van der Waals surface area contributed by atoms with Crippen LogP contribution < -0.4 is 9.47 Å². The predicted octanol–water partition coefficient (Wildman–Crippen LogP) is 2.15. The van der Waals surface area contributed by atoms with Crippen molar-refractivity contribution >= 4 is 5.97 Å². The largest absolute Gasteiger partial charge is 0.493 e. The van der Waals surface area contributed by atoms with Gasteiger partial charge >= 0.3 is 5.97 Å². The van der Waals surface area contributed by atoms with E-state index in [1.54, 1.807) is 7.11 Å². The number of carbonyl (C=O) groups is 1. The number of nitrogens with zero attached hydrogens (tertiary/aromatic N) is 3. The molecule has 2 atom stereocenters. The molecule has 2 aromatic rings. The molecule has 7 nitrogen and oxygen atoms in total. The highest BCUT2D eigenvalue weighted by molar-refractivity contribution is 5.78. The van der Waals surface area contributed by atoms with E-state index < -0.39 is 11.4 Å². The number of carboxylic acid groups (broad SMARTS) is 1. The highest BCUT2D eigenvalue weighted by atomic mass is 16.5. The number of likely N-dealkylation sites (tertiary alicyclic amines) is 1. The number of rotatable bonds is 6. The van der Waals surface area contributed by atoms with Crippen LogP contribution in [0.15, 0.2) is 30.6 Å². The second kappa shape index (κ2) is 6.88. The van der Waals surface area contributed by atoms with Crippen LogP contribution in [0.25, 0.3) is 0 Å². The van der Waals surface area contributed by atoms with Crippen molar-refractivity contribution in [3.05, 3.63) is 41.7 Å². The molecule has 0 saturated carbocycles. The Morgan fingerprint density at radius 3 is 3.00 bits per heavy atom. The van der Waals surface area contributed by atoms with E-state index in [-0.39, 0.29) is 12.5 Å². The number of hydrogen-bond acceptors (Lipinski definition) is 5. The van der Waals surface area contributed by atoms with Gasteiger partial charge in [0, 0.05) is 37.3 Å². The van der Waals surface area contributed by atoms with Gasteiger partial charge in [0.1, 0.15) is 12.0 Å². The van der Waals surface area contributed by atoms with Crippen LogP contribution in [-0.2, 0) is 11.3 Å². The van der Waals surface area contributed by atoms with Gasteiger partial charge in [0.25, 0.3) is 0 Å². The summed E-state index contributed by atoms with van der Waals surface area (Å²) in [6.07, 6.45) is 4.81. The van der Waals surface area contributed by atoms with Gasteiger partial charge in [0.15, 0.2) is 11.5 Å². The Morgan fingerprint density at radius 2 is 2.30 bits per heavy atom. The molecule has 1 saturated heterocycles. The van der Waals surface area contributed by atoms with Crippen LogP contribution in [0.5, 0.6) is 11.5 Å². The smallest absolute Gasteiger partial charge is 0.315 e. The summed E-state index contributed by atoms with van der Waals surface area (Å²) >= 11 is 0. The number of aromatic nitrogens is 2. The molecular weight excluding hydrogens is 346 g/mol. The molecule has 1 N–H and O–H groups in total. The fourth-order valence-electron chi connectivity index (χ4n) is 4.37. The van der Waals surface area contributed by atoms with Crippen molar-refractivity contribution in [1.29, 1.82) is 0 Å². The van der Waals surface area contributed by atoms with Crippen LogP contribution in [0.4, 0.5) is 0 Å². The zero-order chi connectivity index (χ0) is 19.0. The summed E-state index contributed by atoms with van der Waals surface area (Å²) < 4.78 is 13.2. The van der Waals surface area contributed by atoms with Crippen molar-refractivity contribution in [2.45, 2.75) is 25.8 Å². The molecule has 0 bridgehead atoms. The predicted molar refractivity (Wildman–Crippen MR) is 99.3 cm³/mol. The number of hydrogen-bond donors (Lipinski definition) is 1. The third-order valence-corrected chi connectivity index (χ3v) is 5.74. The highest BCUT2D eigenvalue weighted by Crippen LogP contribution is 2.52. The molecule has 144 valence electrons. The first-order valence-electron chi connectivity index (χ1n) is 9.28.